The second kappa shape index (κ2) is 6.48. The van der Waals surface area contributed by atoms with E-state index in [1.165, 1.54) is 0 Å². The quantitative estimate of drug-likeness (QED) is 0.648. The van der Waals surface area contributed by atoms with Crippen molar-refractivity contribution >= 4 is 11.8 Å². The average molecular weight is 263 g/mol. The van der Waals surface area contributed by atoms with E-state index >= 15 is 0 Å². The molecule has 0 aromatic heterocycles. The Morgan fingerprint density at radius 1 is 1.21 bits per heavy atom. The van der Waals surface area contributed by atoms with Crippen molar-refractivity contribution in [2.75, 3.05) is 6.54 Å². The van der Waals surface area contributed by atoms with Gasteiger partial charge in [0.1, 0.15) is 11.5 Å². The number of carbonyl (C=O) groups is 2. The van der Waals surface area contributed by atoms with E-state index in [0.717, 1.165) is 5.56 Å². The SMILES string of the molecule is CC(C)(C)OC(=O)C(Cc1ccccc1)C(=O)CN. The Bertz CT molecular complexity index is 434. The van der Waals surface area contributed by atoms with Gasteiger partial charge in [0.2, 0.25) is 0 Å². The summed E-state index contributed by atoms with van der Waals surface area (Å²) in [6, 6.07) is 9.38. The Labute approximate surface area is 113 Å². The van der Waals surface area contributed by atoms with E-state index in [-0.39, 0.29) is 12.3 Å². The zero-order chi connectivity index (χ0) is 14.5. The van der Waals surface area contributed by atoms with Gasteiger partial charge >= 0.3 is 5.97 Å². The Hall–Kier alpha value is -1.68. The van der Waals surface area contributed by atoms with Gasteiger partial charge in [0.15, 0.2) is 5.78 Å². The average Bonchev–Trinajstić information content (AvgIpc) is 2.34. The third kappa shape index (κ3) is 5.22. The number of ketones is 1. The van der Waals surface area contributed by atoms with Gasteiger partial charge in [0.05, 0.1) is 6.54 Å². The number of esters is 1. The molecule has 0 saturated heterocycles. The van der Waals surface area contributed by atoms with Gasteiger partial charge in [0.25, 0.3) is 0 Å². The summed E-state index contributed by atoms with van der Waals surface area (Å²) in [7, 11) is 0. The molecular weight excluding hydrogens is 242 g/mol. The molecule has 0 bridgehead atoms. The highest BCUT2D eigenvalue weighted by Crippen LogP contribution is 2.16. The standard InChI is InChI=1S/C15H21NO3/c1-15(2,3)19-14(18)12(13(17)10-16)9-11-7-5-4-6-8-11/h4-8,12H,9-10,16H2,1-3H3. The molecule has 19 heavy (non-hydrogen) atoms. The van der Waals surface area contributed by atoms with Crippen LogP contribution in [-0.2, 0) is 20.7 Å². The molecule has 1 atom stereocenters. The molecule has 0 aliphatic heterocycles. The number of benzene rings is 1. The van der Waals surface area contributed by atoms with Gasteiger partial charge in [0, 0.05) is 0 Å². The van der Waals surface area contributed by atoms with Crippen LogP contribution in [0.1, 0.15) is 26.3 Å². The molecule has 1 aromatic carbocycles. The first-order valence-electron chi connectivity index (χ1n) is 6.33. The lowest BCUT2D eigenvalue weighted by atomic mass is 9.95. The first kappa shape index (κ1) is 15.4. The third-order valence-corrected chi connectivity index (χ3v) is 2.56. The van der Waals surface area contributed by atoms with Crippen LogP contribution in [0.5, 0.6) is 0 Å². The lowest BCUT2D eigenvalue weighted by Gasteiger charge is -2.23. The van der Waals surface area contributed by atoms with Gasteiger partial charge in [-0.15, -0.1) is 0 Å². The summed E-state index contributed by atoms with van der Waals surface area (Å²) in [5, 5.41) is 0. The van der Waals surface area contributed by atoms with Crippen molar-refractivity contribution in [3.63, 3.8) is 0 Å². The van der Waals surface area contributed by atoms with Gasteiger partial charge in [-0.3, -0.25) is 9.59 Å². The number of Topliss-reactive ketones (excluding diaryl/α,β-unsaturated/α-hetero) is 1. The van der Waals surface area contributed by atoms with Crippen LogP contribution >= 0.6 is 0 Å². The van der Waals surface area contributed by atoms with Crippen molar-refractivity contribution in [3.8, 4) is 0 Å². The number of hydrogen-bond donors (Lipinski definition) is 1. The molecule has 1 rings (SSSR count). The summed E-state index contributed by atoms with van der Waals surface area (Å²) in [6.45, 7) is 5.17. The zero-order valence-electron chi connectivity index (χ0n) is 11.7. The molecule has 0 radical (unpaired) electrons. The largest absolute Gasteiger partial charge is 0.459 e. The van der Waals surface area contributed by atoms with Crippen LogP contribution < -0.4 is 5.73 Å². The predicted octanol–water partition coefficient (Wildman–Crippen LogP) is 1.71. The lowest BCUT2D eigenvalue weighted by Crippen LogP contribution is -2.36. The maximum absolute atomic E-state index is 12.1. The molecule has 1 aromatic rings. The van der Waals surface area contributed by atoms with E-state index in [9.17, 15) is 9.59 Å². The van der Waals surface area contributed by atoms with E-state index in [4.69, 9.17) is 10.5 Å². The minimum absolute atomic E-state index is 0.156. The van der Waals surface area contributed by atoms with Gasteiger partial charge in [-0.2, -0.15) is 0 Å². The molecule has 0 fully saturated rings. The molecule has 0 aliphatic rings. The van der Waals surface area contributed by atoms with Gasteiger partial charge in [-0.25, -0.2) is 0 Å². The van der Waals surface area contributed by atoms with Crippen LogP contribution in [0.25, 0.3) is 0 Å². The van der Waals surface area contributed by atoms with Gasteiger partial charge in [-0.05, 0) is 32.8 Å². The summed E-state index contributed by atoms with van der Waals surface area (Å²) in [5.74, 6) is -1.63. The fraction of sp³-hybridized carbons (Fsp3) is 0.467. The monoisotopic (exact) mass is 263 g/mol. The molecule has 4 heteroatoms. The zero-order valence-corrected chi connectivity index (χ0v) is 11.7. The molecule has 1 unspecified atom stereocenters. The van der Waals surface area contributed by atoms with Gasteiger partial charge in [-0.1, -0.05) is 30.3 Å². The van der Waals surface area contributed by atoms with E-state index < -0.39 is 17.5 Å². The van der Waals surface area contributed by atoms with E-state index in [1.54, 1.807) is 20.8 Å². The summed E-state index contributed by atoms with van der Waals surface area (Å²) in [6.07, 6.45) is 0.325. The fourth-order valence-electron chi connectivity index (χ4n) is 1.69. The highest BCUT2D eigenvalue weighted by molar-refractivity contribution is 6.00. The molecule has 0 amide bonds. The Morgan fingerprint density at radius 3 is 2.26 bits per heavy atom. The number of nitrogens with two attached hydrogens (primary N) is 1. The van der Waals surface area contributed by atoms with Crippen molar-refractivity contribution in [2.45, 2.75) is 32.8 Å². The first-order chi connectivity index (χ1) is 8.83. The molecule has 0 saturated carbocycles. The maximum Gasteiger partial charge on any atom is 0.317 e. The van der Waals surface area contributed by atoms with Crippen LogP contribution in [0.3, 0.4) is 0 Å². The Morgan fingerprint density at radius 2 is 1.79 bits per heavy atom. The van der Waals surface area contributed by atoms with E-state index in [2.05, 4.69) is 0 Å². The maximum atomic E-state index is 12.1. The van der Waals surface area contributed by atoms with Crippen molar-refractivity contribution in [1.82, 2.24) is 0 Å². The smallest absolute Gasteiger partial charge is 0.317 e. The molecular formula is C15H21NO3. The van der Waals surface area contributed by atoms with Crippen LogP contribution in [0.15, 0.2) is 30.3 Å². The predicted molar refractivity (Wildman–Crippen MR) is 73.5 cm³/mol. The molecule has 104 valence electrons. The molecule has 0 heterocycles. The Balaban J connectivity index is 2.84. The highest BCUT2D eigenvalue weighted by atomic mass is 16.6. The molecule has 0 spiro atoms. The summed E-state index contributed by atoms with van der Waals surface area (Å²) in [4.78, 5) is 23.9. The minimum Gasteiger partial charge on any atom is -0.459 e. The highest BCUT2D eigenvalue weighted by Gasteiger charge is 2.30. The summed E-state index contributed by atoms with van der Waals surface area (Å²) < 4.78 is 5.28. The first-order valence-corrected chi connectivity index (χ1v) is 6.33. The van der Waals surface area contributed by atoms with Crippen LogP contribution in [0, 0.1) is 5.92 Å². The van der Waals surface area contributed by atoms with Crippen molar-refractivity contribution in [1.29, 1.82) is 0 Å². The van der Waals surface area contributed by atoms with E-state index in [0.29, 0.717) is 6.42 Å². The topological polar surface area (TPSA) is 69.4 Å². The normalized spacial score (nSPS) is 12.8. The number of ether oxygens (including phenoxy) is 1. The summed E-state index contributed by atoms with van der Waals surface area (Å²) >= 11 is 0. The minimum atomic E-state index is -0.827. The second-order valence-electron chi connectivity index (χ2n) is 5.45. The summed E-state index contributed by atoms with van der Waals surface area (Å²) in [5.41, 5.74) is 5.68. The second-order valence-corrected chi connectivity index (χ2v) is 5.45. The van der Waals surface area contributed by atoms with E-state index in [1.807, 2.05) is 30.3 Å². The number of hydrogen-bond acceptors (Lipinski definition) is 4. The number of rotatable bonds is 5. The van der Waals surface area contributed by atoms with Gasteiger partial charge < -0.3 is 10.5 Å². The molecule has 4 nitrogen and oxygen atoms in total. The van der Waals surface area contributed by atoms with Crippen LogP contribution in [0.2, 0.25) is 0 Å². The fourth-order valence-corrected chi connectivity index (χ4v) is 1.69. The third-order valence-electron chi connectivity index (χ3n) is 2.56. The lowest BCUT2D eigenvalue weighted by molar-refractivity contribution is -0.161. The van der Waals surface area contributed by atoms with Crippen molar-refractivity contribution < 1.29 is 14.3 Å². The van der Waals surface area contributed by atoms with Crippen molar-refractivity contribution in [2.24, 2.45) is 11.7 Å². The Kier molecular flexibility index (Phi) is 5.24. The van der Waals surface area contributed by atoms with Crippen LogP contribution in [0.4, 0.5) is 0 Å². The molecule has 0 aliphatic carbocycles. The number of carbonyl (C=O) groups excluding carboxylic acids is 2. The van der Waals surface area contributed by atoms with Crippen molar-refractivity contribution in [3.05, 3.63) is 35.9 Å². The van der Waals surface area contributed by atoms with Crippen LogP contribution in [-0.4, -0.2) is 23.9 Å². The molecule has 2 N–H and O–H groups in total.